The van der Waals surface area contributed by atoms with Gasteiger partial charge in [-0.3, -0.25) is 4.99 Å². The molecule has 0 amide bonds. The molecule has 2 rings (SSSR count). The summed E-state index contributed by atoms with van der Waals surface area (Å²) in [5, 5.41) is 0. The lowest BCUT2D eigenvalue weighted by molar-refractivity contribution is -0.00909. The number of hydrogen-bond acceptors (Lipinski definition) is 1. The molecule has 1 aromatic rings. The molecule has 0 aliphatic heterocycles. The fourth-order valence-corrected chi connectivity index (χ4v) is 1.66. The van der Waals surface area contributed by atoms with Crippen LogP contribution in [0.15, 0.2) is 47.0 Å². The van der Waals surface area contributed by atoms with Crippen LogP contribution >= 0.6 is 0 Å². The zero-order chi connectivity index (χ0) is 11.4. The summed E-state index contributed by atoms with van der Waals surface area (Å²) >= 11 is 0. The van der Waals surface area contributed by atoms with Gasteiger partial charge in [-0.2, -0.15) is 4.79 Å². The lowest BCUT2D eigenvalue weighted by Crippen LogP contribution is -2.14. The summed E-state index contributed by atoms with van der Waals surface area (Å²) in [6.45, 7) is 2.04. The van der Waals surface area contributed by atoms with Crippen LogP contribution in [0, 0.1) is 0 Å². The average molecular weight is 211 g/mol. The minimum absolute atomic E-state index is 0.633. The topological polar surface area (TPSA) is 48.8 Å². The van der Waals surface area contributed by atoms with Crippen molar-refractivity contribution >= 4 is 17.1 Å². The van der Waals surface area contributed by atoms with Crippen molar-refractivity contribution in [2.45, 2.75) is 19.8 Å². The van der Waals surface area contributed by atoms with Crippen molar-refractivity contribution in [1.29, 1.82) is 0 Å². The van der Waals surface area contributed by atoms with Crippen LogP contribution in [0.1, 0.15) is 19.8 Å². The van der Waals surface area contributed by atoms with Gasteiger partial charge in [-0.1, -0.05) is 24.3 Å². The van der Waals surface area contributed by atoms with Crippen LogP contribution in [-0.2, 0) is 0 Å². The highest BCUT2D eigenvalue weighted by Crippen LogP contribution is 2.18. The van der Waals surface area contributed by atoms with E-state index in [0.29, 0.717) is 6.42 Å². The standard InChI is InChI=1S/C13H13N3/c1-10-7-8-12(16-14)9-13(10)15-11-5-3-2-4-6-11/h2-7H,8-9H2,1H3. The summed E-state index contributed by atoms with van der Waals surface area (Å²) in [4.78, 5) is 7.82. The molecule has 0 fully saturated rings. The smallest absolute Gasteiger partial charge is 0.278 e. The summed E-state index contributed by atoms with van der Waals surface area (Å²) in [6.07, 6.45) is 3.39. The molecule has 1 aromatic carbocycles. The highest BCUT2D eigenvalue weighted by molar-refractivity contribution is 6.14. The van der Waals surface area contributed by atoms with Gasteiger partial charge in [0.2, 0.25) is 0 Å². The molecule has 3 heteroatoms. The van der Waals surface area contributed by atoms with E-state index in [9.17, 15) is 0 Å². The minimum atomic E-state index is 0.633. The Morgan fingerprint density at radius 2 is 2.00 bits per heavy atom. The third-order valence-electron chi connectivity index (χ3n) is 2.63. The highest BCUT2D eigenvalue weighted by atomic mass is 14.9. The second-order valence-corrected chi connectivity index (χ2v) is 3.83. The Labute approximate surface area is 94.8 Å². The van der Waals surface area contributed by atoms with Crippen molar-refractivity contribution in [3.05, 3.63) is 47.5 Å². The van der Waals surface area contributed by atoms with Gasteiger partial charge in [0.15, 0.2) is 0 Å². The van der Waals surface area contributed by atoms with Crippen LogP contribution in [0.2, 0.25) is 0 Å². The van der Waals surface area contributed by atoms with Crippen molar-refractivity contribution in [2.24, 2.45) is 4.99 Å². The number of hydrogen-bond donors (Lipinski definition) is 0. The van der Waals surface area contributed by atoms with E-state index in [1.807, 2.05) is 43.3 Å². The minimum Gasteiger partial charge on any atom is -0.362 e. The van der Waals surface area contributed by atoms with Crippen LogP contribution in [0.3, 0.4) is 0 Å². The third kappa shape index (κ3) is 2.33. The van der Waals surface area contributed by atoms with Gasteiger partial charge in [0, 0.05) is 0 Å². The molecule has 0 radical (unpaired) electrons. The first kappa shape index (κ1) is 10.5. The maximum atomic E-state index is 8.76. The third-order valence-corrected chi connectivity index (χ3v) is 2.63. The molecule has 0 N–H and O–H groups in total. The van der Waals surface area contributed by atoms with Gasteiger partial charge in [-0.15, -0.1) is 0 Å². The van der Waals surface area contributed by atoms with Gasteiger partial charge in [-0.25, -0.2) is 0 Å². The molecule has 0 atom stereocenters. The van der Waals surface area contributed by atoms with Crippen LogP contribution in [0.25, 0.3) is 5.53 Å². The van der Waals surface area contributed by atoms with E-state index < -0.39 is 0 Å². The first-order chi connectivity index (χ1) is 7.79. The molecule has 0 aromatic heterocycles. The van der Waals surface area contributed by atoms with Gasteiger partial charge in [-0.05, 0) is 24.6 Å². The lowest BCUT2D eigenvalue weighted by atomic mass is 9.97. The quantitative estimate of drug-likeness (QED) is 0.506. The second kappa shape index (κ2) is 4.69. The van der Waals surface area contributed by atoms with Gasteiger partial charge in [0.1, 0.15) is 0 Å². The molecular formula is C13H13N3. The van der Waals surface area contributed by atoms with Crippen LogP contribution in [0.4, 0.5) is 5.69 Å². The summed E-state index contributed by atoms with van der Waals surface area (Å²) in [5.41, 5.74) is 12.6. The van der Waals surface area contributed by atoms with E-state index in [-0.39, 0.29) is 0 Å². The zero-order valence-corrected chi connectivity index (χ0v) is 9.22. The van der Waals surface area contributed by atoms with Crippen LogP contribution in [0.5, 0.6) is 0 Å². The molecule has 0 spiro atoms. The monoisotopic (exact) mass is 211 g/mol. The van der Waals surface area contributed by atoms with E-state index in [1.165, 1.54) is 0 Å². The fourth-order valence-electron chi connectivity index (χ4n) is 1.66. The van der Waals surface area contributed by atoms with Gasteiger partial charge in [0.05, 0.1) is 24.2 Å². The summed E-state index contributed by atoms with van der Waals surface area (Å²) in [5.74, 6) is 0. The highest BCUT2D eigenvalue weighted by Gasteiger charge is 2.18. The van der Waals surface area contributed by atoms with Crippen molar-refractivity contribution in [2.75, 3.05) is 0 Å². The molecule has 1 aliphatic carbocycles. The SMILES string of the molecule is CC1=CCC(=[N+]=[N-])CC1=Nc1ccccc1. The van der Waals surface area contributed by atoms with E-state index >= 15 is 0 Å². The molecule has 0 unspecified atom stereocenters. The largest absolute Gasteiger partial charge is 0.362 e. The Kier molecular flexibility index (Phi) is 3.08. The summed E-state index contributed by atoms with van der Waals surface area (Å²) < 4.78 is 0. The lowest BCUT2D eigenvalue weighted by Gasteiger charge is -2.09. The molecule has 0 saturated heterocycles. The van der Waals surface area contributed by atoms with Gasteiger partial charge >= 0.3 is 0 Å². The second-order valence-electron chi connectivity index (χ2n) is 3.83. The number of rotatable bonds is 1. The van der Waals surface area contributed by atoms with Crippen LogP contribution in [-0.4, -0.2) is 16.2 Å². The zero-order valence-electron chi connectivity index (χ0n) is 9.22. The van der Waals surface area contributed by atoms with Crippen molar-refractivity contribution in [1.82, 2.24) is 0 Å². The molecule has 3 nitrogen and oxygen atoms in total. The van der Waals surface area contributed by atoms with E-state index in [1.54, 1.807) is 0 Å². The Hall–Kier alpha value is -1.99. The predicted molar refractivity (Wildman–Crippen MR) is 65.2 cm³/mol. The van der Waals surface area contributed by atoms with Crippen molar-refractivity contribution < 1.29 is 4.79 Å². The Balaban J connectivity index is 2.33. The van der Waals surface area contributed by atoms with Crippen molar-refractivity contribution in [3.8, 4) is 0 Å². The van der Waals surface area contributed by atoms with Crippen molar-refractivity contribution in [3.63, 3.8) is 0 Å². The average Bonchev–Trinajstić information content (AvgIpc) is 2.33. The van der Waals surface area contributed by atoms with E-state index in [0.717, 1.165) is 29.1 Å². The van der Waals surface area contributed by atoms with Gasteiger partial charge < -0.3 is 5.53 Å². The maximum absolute atomic E-state index is 8.76. The van der Waals surface area contributed by atoms with Gasteiger partial charge in [0.25, 0.3) is 5.71 Å². The molecule has 0 bridgehead atoms. The molecule has 80 valence electrons. The molecule has 0 heterocycles. The first-order valence-corrected chi connectivity index (χ1v) is 5.29. The van der Waals surface area contributed by atoms with Crippen LogP contribution < -0.4 is 0 Å². The molecule has 0 saturated carbocycles. The number of para-hydroxylation sites is 1. The van der Waals surface area contributed by atoms with E-state index in [4.69, 9.17) is 5.53 Å². The summed E-state index contributed by atoms with van der Waals surface area (Å²) in [6, 6.07) is 9.81. The molecular weight excluding hydrogens is 198 g/mol. The number of aliphatic imine (C=N–C) groups is 1. The van der Waals surface area contributed by atoms with E-state index in [2.05, 4.69) is 9.78 Å². The fraction of sp³-hybridized carbons (Fsp3) is 0.231. The number of benzene rings is 1. The Bertz CT molecular complexity index is 491. The Morgan fingerprint density at radius 3 is 2.69 bits per heavy atom. The predicted octanol–water partition coefficient (Wildman–Crippen LogP) is 3.17. The normalized spacial score (nSPS) is 18.2. The molecule has 16 heavy (non-hydrogen) atoms. The maximum Gasteiger partial charge on any atom is 0.278 e. The molecule has 1 aliphatic rings. The number of allylic oxidation sites excluding steroid dienone is 2. The Morgan fingerprint density at radius 1 is 1.25 bits per heavy atom. The number of nitrogens with zero attached hydrogens (tertiary/aromatic N) is 3. The summed E-state index contributed by atoms with van der Waals surface area (Å²) in [7, 11) is 0. The first-order valence-electron chi connectivity index (χ1n) is 5.29.